The highest BCUT2D eigenvalue weighted by atomic mass is 32.2. The number of nitrogen functional groups attached to an aromatic ring is 1. The number of hydrogen-bond acceptors (Lipinski definition) is 5. The Morgan fingerprint density at radius 2 is 2.06 bits per heavy atom. The summed E-state index contributed by atoms with van der Waals surface area (Å²) in [5, 5.41) is 9.88. The number of aliphatic hydroxyl groups excluding tert-OH is 1. The van der Waals surface area contributed by atoms with Crippen LogP contribution >= 0.6 is 11.8 Å². The van der Waals surface area contributed by atoms with Crippen LogP contribution in [0.5, 0.6) is 0 Å². The summed E-state index contributed by atoms with van der Waals surface area (Å²) < 4.78 is 21.8. The highest BCUT2D eigenvalue weighted by Gasteiger charge is 2.11. The van der Waals surface area contributed by atoms with Crippen LogP contribution in [0, 0.1) is 0 Å². The van der Waals surface area contributed by atoms with E-state index in [0.717, 1.165) is 0 Å². The summed E-state index contributed by atoms with van der Waals surface area (Å²) in [6.07, 6.45) is 0.555. The molecule has 1 aromatic carbocycles. The number of nitrogens with two attached hydrogens (primary N) is 1. The van der Waals surface area contributed by atoms with Crippen LogP contribution in [0.2, 0.25) is 0 Å². The van der Waals surface area contributed by atoms with Crippen LogP contribution in [0.15, 0.2) is 24.3 Å². The first-order chi connectivity index (χ1) is 7.90. The van der Waals surface area contributed by atoms with Gasteiger partial charge in [0.1, 0.15) is 9.84 Å². The summed E-state index contributed by atoms with van der Waals surface area (Å²) >= 11 is 1.41. The summed E-state index contributed by atoms with van der Waals surface area (Å²) in [5.41, 5.74) is 6.98. The molecule has 0 saturated heterocycles. The summed E-state index contributed by atoms with van der Waals surface area (Å²) in [6, 6.07) is 7.13. The second-order valence-electron chi connectivity index (χ2n) is 3.85. The molecular formula is C11H17NO3S2. The van der Waals surface area contributed by atoms with Crippen LogP contribution in [0.25, 0.3) is 0 Å². The Hall–Kier alpha value is -0.720. The molecule has 0 bridgehead atoms. The van der Waals surface area contributed by atoms with Gasteiger partial charge in [-0.3, -0.25) is 0 Å². The predicted molar refractivity (Wildman–Crippen MR) is 72.9 cm³/mol. The van der Waals surface area contributed by atoms with Crippen molar-refractivity contribution in [2.45, 2.75) is 6.10 Å². The highest BCUT2D eigenvalue weighted by molar-refractivity contribution is 8.00. The van der Waals surface area contributed by atoms with Crippen molar-refractivity contribution in [3.8, 4) is 0 Å². The molecule has 0 aliphatic carbocycles. The van der Waals surface area contributed by atoms with Gasteiger partial charge in [0.2, 0.25) is 0 Å². The van der Waals surface area contributed by atoms with E-state index in [4.69, 9.17) is 5.73 Å². The second-order valence-corrected chi connectivity index (χ2v) is 7.26. The summed E-state index contributed by atoms with van der Waals surface area (Å²) in [6.45, 7) is 0. The maximum atomic E-state index is 10.9. The first kappa shape index (κ1) is 14.3. The number of sulfone groups is 1. The van der Waals surface area contributed by atoms with Crippen molar-refractivity contribution in [2.24, 2.45) is 0 Å². The topological polar surface area (TPSA) is 80.4 Å². The maximum absolute atomic E-state index is 10.9. The number of rotatable bonds is 6. The molecule has 1 atom stereocenters. The van der Waals surface area contributed by atoms with Crippen LogP contribution < -0.4 is 5.73 Å². The van der Waals surface area contributed by atoms with Crippen molar-refractivity contribution in [3.63, 3.8) is 0 Å². The van der Waals surface area contributed by atoms with Gasteiger partial charge in [-0.05, 0) is 6.07 Å². The molecule has 17 heavy (non-hydrogen) atoms. The lowest BCUT2D eigenvalue weighted by atomic mass is 10.1. The molecule has 6 heteroatoms. The van der Waals surface area contributed by atoms with Crippen LogP contribution in [0.4, 0.5) is 5.69 Å². The lowest BCUT2D eigenvalue weighted by Gasteiger charge is -2.12. The molecule has 1 rings (SSSR count). The average Bonchev–Trinajstić information content (AvgIpc) is 2.23. The predicted octanol–water partition coefficient (Wildman–Crippen LogP) is 1.08. The molecule has 0 spiro atoms. The van der Waals surface area contributed by atoms with Crippen LogP contribution in [-0.2, 0) is 9.84 Å². The molecule has 3 N–H and O–H groups in total. The third kappa shape index (κ3) is 5.43. The molecular weight excluding hydrogens is 258 g/mol. The molecule has 0 fully saturated rings. The molecule has 0 aliphatic heterocycles. The molecule has 1 unspecified atom stereocenters. The quantitative estimate of drug-likeness (QED) is 0.600. The monoisotopic (exact) mass is 275 g/mol. The lowest BCUT2D eigenvalue weighted by molar-refractivity contribution is 0.205. The molecule has 0 saturated carbocycles. The van der Waals surface area contributed by atoms with Gasteiger partial charge in [-0.2, -0.15) is 11.8 Å². The molecule has 1 aromatic rings. The number of aliphatic hydroxyl groups is 1. The van der Waals surface area contributed by atoms with E-state index in [0.29, 0.717) is 22.8 Å². The van der Waals surface area contributed by atoms with Gasteiger partial charge >= 0.3 is 0 Å². The minimum Gasteiger partial charge on any atom is -0.398 e. The van der Waals surface area contributed by atoms with E-state index in [1.54, 1.807) is 12.1 Å². The standard InChI is InChI=1S/C11H17NO3S2/c1-17(14,15)7-6-16-8-11(13)9-4-2-3-5-10(9)12/h2-5,11,13H,6-8,12H2,1H3. The van der Waals surface area contributed by atoms with Gasteiger partial charge in [0, 0.05) is 29.0 Å². The fourth-order valence-electron chi connectivity index (χ4n) is 1.31. The normalized spacial score (nSPS) is 13.5. The van der Waals surface area contributed by atoms with E-state index < -0.39 is 15.9 Å². The van der Waals surface area contributed by atoms with E-state index >= 15 is 0 Å². The first-order valence-electron chi connectivity index (χ1n) is 5.18. The fourth-order valence-corrected chi connectivity index (χ4v) is 3.56. The van der Waals surface area contributed by atoms with Crippen molar-refractivity contribution in [3.05, 3.63) is 29.8 Å². The van der Waals surface area contributed by atoms with Crippen molar-refractivity contribution < 1.29 is 13.5 Å². The van der Waals surface area contributed by atoms with E-state index in [2.05, 4.69) is 0 Å². The zero-order valence-electron chi connectivity index (χ0n) is 9.67. The number of hydrogen-bond donors (Lipinski definition) is 2. The van der Waals surface area contributed by atoms with Gasteiger partial charge in [0.15, 0.2) is 0 Å². The van der Waals surface area contributed by atoms with Gasteiger partial charge in [-0.15, -0.1) is 0 Å². The Labute approximate surface area is 106 Å². The zero-order chi connectivity index (χ0) is 12.9. The number of para-hydroxylation sites is 1. The van der Waals surface area contributed by atoms with Gasteiger partial charge in [-0.1, -0.05) is 18.2 Å². The van der Waals surface area contributed by atoms with Gasteiger partial charge in [-0.25, -0.2) is 8.42 Å². The van der Waals surface area contributed by atoms with Crippen molar-refractivity contribution in [1.29, 1.82) is 0 Å². The Morgan fingerprint density at radius 1 is 1.41 bits per heavy atom. The van der Waals surface area contributed by atoms with Crippen molar-refractivity contribution in [1.82, 2.24) is 0 Å². The van der Waals surface area contributed by atoms with Gasteiger partial charge in [0.05, 0.1) is 11.9 Å². The number of benzene rings is 1. The minimum atomic E-state index is -2.92. The molecule has 0 aliphatic rings. The van der Waals surface area contributed by atoms with Crippen LogP contribution in [0.1, 0.15) is 11.7 Å². The Morgan fingerprint density at radius 3 is 2.65 bits per heavy atom. The highest BCUT2D eigenvalue weighted by Crippen LogP contribution is 2.23. The molecule has 0 aromatic heterocycles. The SMILES string of the molecule is CS(=O)(=O)CCSCC(O)c1ccccc1N. The Kier molecular flexibility index (Phi) is 5.30. The molecule has 0 radical (unpaired) electrons. The second kappa shape index (κ2) is 6.28. The minimum absolute atomic E-state index is 0.134. The molecule has 96 valence electrons. The van der Waals surface area contributed by atoms with Gasteiger partial charge < -0.3 is 10.8 Å². The largest absolute Gasteiger partial charge is 0.398 e. The zero-order valence-corrected chi connectivity index (χ0v) is 11.3. The molecule has 0 amide bonds. The Balaban J connectivity index is 2.41. The average molecular weight is 275 g/mol. The third-order valence-corrected chi connectivity index (χ3v) is 4.48. The van der Waals surface area contributed by atoms with E-state index in [1.165, 1.54) is 18.0 Å². The van der Waals surface area contributed by atoms with Crippen molar-refractivity contribution in [2.75, 3.05) is 29.2 Å². The van der Waals surface area contributed by atoms with Crippen LogP contribution in [0.3, 0.4) is 0 Å². The van der Waals surface area contributed by atoms with E-state index in [9.17, 15) is 13.5 Å². The van der Waals surface area contributed by atoms with E-state index in [1.807, 2.05) is 12.1 Å². The molecule has 4 nitrogen and oxygen atoms in total. The first-order valence-corrected chi connectivity index (χ1v) is 8.39. The van der Waals surface area contributed by atoms with Crippen molar-refractivity contribution >= 4 is 27.3 Å². The summed E-state index contributed by atoms with van der Waals surface area (Å²) in [5.74, 6) is 1.07. The smallest absolute Gasteiger partial charge is 0.148 e. The Bertz CT molecular complexity index is 460. The summed E-state index contributed by atoms with van der Waals surface area (Å²) in [7, 11) is -2.92. The van der Waals surface area contributed by atoms with E-state index in [-0.39, 0.29) is 5.75 Å². The number of anilines is 1. The molecule has 0 heterocycles. The lowest BCUT2D eigenvalue weighted by Crippen LogP contribution is -2.08. The van der Waals surface area contributed by atoms with Gasteiger partial charge in [0.25, 0.3) is 0 Å². The third-order valence-electron chi connectivity index (χ3n) is 2.23. The summed E-state index contributed by atoms with van der Waals surface area (Å²) in [4.78, 5) is 0. The number of thioether (sulfide) groups is 1. The fraction of sp³-hybridized carbons (Fsp3) is 0.455. The van der Waals surface area contributed by atoms with Crippen LogP contribution in [-0.4, -0.2) is 37.0 Å². The maximum Gasteiger partial charge on any atom is 0.148 e.